The van der Waals surface area contributed by atoms with E-state index < -0.39 is 49.4 Å². The summed E-state index contributed by atoms with van der Waals surface area (Å²) in [5, 5.41) is 3.76. The van der Waals surface area contributed by atoms with Crippen LogP contribution in [0.3, 0.4) is 0 Å². The fourth-order valence-corrected chi connectivity index (χ4v) is 4.39. The van der Waals surface area contributed by atoms with E-state index in [1.807, 2.05) is 0 Å². The summed E-state index contributed by atoms with van der Waals surface area (Å²) in [6.45, 7) is 4.36. The normalized spacial score (nSPS) is 12.6. The third kappa shape index (κ3) is 5.14. The highest BCUT2D eigenvalue weighted by Crippen LogP contribution is 2.31. The van der Waals surface area contributed by atoms with Gasteiger partial charge >= 0.3 is 6.18 Å². The Bertz CT molecular complexity index is 1460. The van der Waals surface area contributed by atoms with Gasteiger partial charge in [-0.2, -0.15) is 23.0 Å². The van der Waals surface area contributed by atoms with Crippen LogP contribution < -0.4 is 10.3 Å². The molecule has 1 amide bonds. The van der Waals surface area contributed by atoms with Crippen LogP contribution in [0.2, 0.25) is 0 Å². The minimum absolute atomic E-state index is 0.0610. The SMILES string of the molecule is CCS(=O)(=O)c1cc(OC(C)(C)C(=O)N(C)C)cnc1-n1ncc2ccc(C(F)(F)F)cc2c1=O. The van der Waals surface area contributed by atoms with Gasteiger partial charge in [0.15, 0.2) is 21.3 Å². The standard InChI is InChI=1S/C22H23F3N4O5S/c1-6-35(32,33)17-10-15(34-21(2,3)20(31)28(4)5)12-26-18(17)29-19(30)16-9-14(22(23,24)25)8-7-13(16)11-27-29/h7-12H,6H2,1-5H3. The summed E-state index contributed by atoms with van der Waals surface area (Å²) in [5.41, 5.74) is -3.39. The minimum Gasteiger partial charge on any atom is -0.476 e. The van der Waals surface area contributed by atoms with Crippen LogP contribution in [-0.4, -0.2) is 59.4 Å². The lowest BCUT2D eigenvalue weighted by Gasteiger charge is -2.28. The van der Waals surface area contributed by atoms with Gasteiger partial charge < -0.3 is 9.64 Å². The smallest absolute Gasteiger partial charge is 0.416 e. The van der Waals surface area contributed by atoms with Gasteiger partial charge in [0.1, 0.15) is 10.6 Å². The number of nitrogens with zero attached hydrogens (tertiary/aromatic N) is 4. The monoisotopic (exact) mass is 512 g/mol. The largest absolute Gasteiger partial charge is 0.476 e. The first-order chi connectivity index (χ1) is 16.1. The van der Waals surface area contributed by atoms with E-state index in [-0.39, 0.29) is 22.3 Å². The highest BCUT2D eigenvalue weighted by Gasteiger charge is 2.33. The summed E-state index contributed by atoms with van der Waals surface area (Å²) < 4.78 is 71.5. The van der Waals surface area contributed by atoms with Gasteiger partial charge in [-0.05, 0) is 26.0 Å². The molecular weight excluding hydrogens is 489 g/mol. The number of pyridine rings is 1. The van der Waals surface area contributed by atoms with Gasteiger partial charge in [-0.3, -0.25) is 9.59 Å². The Balaban J connectivity index is 2.22. The van der Waals surface area contributed by atoms with Crippen LogP contribution in [0.5, 0.6) is 5.75 Å². The van der Waals surface area contributed by atoms with Crippen molar-refractivity contribution in [2.45, 2.75) is 37.4 Å². The molecule has 0 N–H and O–H groups in total. The molecule has 0 aliphatic heterocycles. The van der Waals surface area contributed by atoms with Gasteiger partial charge in [0.2, 0.25) is 0 Å². The van der Waals surface area contributed by atoms with E-state index in [2.05, 4.69) is 10.1 Å². The van der Waals surface area contributed by atoms with E-state index in [0.717, 1.165) is 30.6 Å². The molecule has 1 aromatic carbocycles. The van der Waals surface area contributed by atoms with Crippen LogP contribution in [0.25, 0.3) is 16.6 Å². The molecule has 0 radical (unpaired) electrons. The van der Waals surface area contributed by atoms with E-state index in [1.54, 1.807) is 0 Å². The number of rotatable bonds is 6. The quantitative estimate of drug-likeness (QED) is 0.499. The number of likely N-dealkylation sites (N-methyl/N-ethyl adjacent to an activating group) is 1. The zero-order chi connectivity index (χ0) is 26.3. The third-order valence-corrected chi connectivity index (χ3v) is 6.86. The van der Waals surface area contributed by atoms with Crippen LogP contribution in [0.4, 0.5) is 13.2 Å². The lowest BCUT2D eigenvalue weighted by Crippen LogP contribution is -2.45. The maximum absolute atomic E-state index is 13.2. The Morgan fingerprint density at radius 2 is 1.80 bits per heavy atom. The van der Waals surface area contributed by atoms with Crippen LogP contribution >= 0.6 is 0 Å². The van der Waals surface area contributed by atoms with Crippen molar-refractivity contribution in [3.05, 3.63) is 52.6 Å². The van der Waals surface area contributed by atoms with Crippen LogP contribution in [0.1, 0.15) is 26.3 Å². The Morgan fingerprint density at radius 3 is 2.37 bits per heavy atom. The summed E-state index contributed by atoms with van der Waals surface area (Å²) in [4.78, 5) is 30.4. The number of hydrogen-bond donors (Lipinski definition) is 0. The van der Waals surface area contributed by atoms with E-state index in [0.29, 0.717) is 10.7 Å². The number of hydrogen-bond acceptors (Lipinski definition) is 7. The molecule has 2 heterocycles. The fourth-order valence-electron chi connectivity index (χ4n) is 3.36. The fraction of sp³-hybridized carbons (Fsp3) is 0.364. The molecular formula is C22H23F3N4O5S. The topological polar surface area (TPSA) is 111 Å². The molecule has 0 fully saturated rings. The molecule has 0 aliphatic carbocycles. The van der Waals surface area contributed by atoms with Crippen LogP contribution in [-0.2, 0) is 20.8 Å². The maximum Gasteiger partial charge on any atom is 0.416 e. The maximum atomic E-state index is 13.2. The van der Waals surface area contributed by atoms with Gasteiger partial charge in [0.25, 0.3) is 11.5 Å². The molecule has 35 heavy (non-hydrogen) atoms. The van der Waals surface area contributed by atoms with Crippen molar-refractivity contribution < 1.29 is 31.1 Å². The number of carbonyl (C=O) groups excluding carboxylic acids is 1. The molecule has 0 spiro atoms. The predicted molar refractivity (Wildman–Crippen MR) is 121 cm³/mol. The molecule has 13 heteroatoms. The Labute approximate surface area is 199 Å². The van der Waals surface area contributed by atoms with Gasteiger partial charge in [-0.25, -0.2) is 13.4 Å². The summed E-state index contributed by atoms with van der Waals surface area (Å²) in [5.74, 6) is -1.23. The molecule has 0 bridgehead atoms. The Hall–Kier alpha value is -3.48. The number of alkyl halides is 3. The first-order valence-corrected chi connectivity index (χ1v) is 12.0. The molecule has 0 unspecified atom stereocenters. The average Bonchev–Trinajstić information content (AvgIpc) is 2.78. The summed E-state index contributed by atoms with van der Waals surface area (Å²) in [6, 6.07) is 3.71. The second-order valence-electron chi connectivity index (χ2n) is 8.37. The van der Waals surface area contributed by atoms with Crippen molar-refractivity contribution in [1.82, 2.24) is 19.7 Å². The van der Waals surface area contributed by atoms with Crippen molar-refractivity contribution in [3.8, 4) is 11.6 Å². The summed E-state index contributed by atoms with van der Waals surface area (Å²) in [6.07, 6.45) is -2.43. The highest BCUT2D eigenvalue weighted by molar-refractivity contribution is 7.91. The second kappa shape index (κ2) is 8.95. The van der Waals surface area contributed by atoms with E-state index in [1.165, 1.54) is 39.8 Å². The van der Waals surface area contributed by atoms with Crippen molar-refractivity contribution in [2.75, 3.05) is 19.8 Å². The van der Waals surface area contributed by atoms with Crippen LogP contribution in [0, 0.1) is 0 Å². The molecule has 188 valence electrons. The van der Waals surface area contributed by atoms with Gasteiger partial charge in [0, 0.05) is 25.5 Å². The number of ether oxygens (including phenoxy) is 1. The number of amides is 1. The third-order valence-electron chi connectivity index (χ3n) is 5.13. The van der Waals surface area contributed by atoms with E-state index in [9.17, 15) is 31.2 Å². The highest BCUT2D eigenvalue weighted by atomic mass is 32.2. The van der Waals surface area contributed by atoms with Gasteiger partial charge in [0.05, 0.1) is 29.1 Å². The Morgan fingerprint density at radius 1 is 1.14 bits per heavy atom. The molecule has 0 saturated heterocycles. The van der Waals surface area contributed by atoms with Crippen molar-refractivity contribution in [3.63, 3.8) is 0 Å². The predicted octanol–water partition coefficient (Wildman–Crippen LogP) is 2.84. The van der Waals surface area contributed by atoms with Crippen molar-refractivity contribution >= 4 is 26.5 Å². The number of sulfone groups is 1. The summed E-state index contributed by atoms with van der Waals surface area (Å²) in [7, 11) is -0.948. The minimum atomic E-state index is -4.68. The lowest BCUT2D eigenvalue weighted by molar-refractivity contribution is -0.142. The van der Waals surface area contributed by atoms with Gasteiger partial charge in [-0.15, -0.1) is 0 Å². The number of aromatic nitrogens is 3. The second-order valence-corrected chi connectivity index (χ2v) is 10.6. The van der Waals surface area contributed by atoms with Crippen LogP contribution in [0.15, 0.2) is 46.3 Å². The number of carbonyl (C=O) groups is 1. The molecule has 9 nitrogen and oxygen atoms in total. The zero-order valence-electron chi connectivity index (χ0n) is 19.5. The van der Waals surface area contributed by atoms with E-state index in [4.69, 9.17) is 4.74 Å². The lowest BCUT2D eigenvalue weighted by atomic mass is 10.1. The number of benzene rings is 1. The first-order valence-electron chi connectivity index (χ1n) is 10.3. The molecule has 3 rings (SSSR count). The average molecular weight is 513 g/mol. The molecule has 0 aliphatic rings. The van der Waals surface area contributed by atoms with E-state index >= 15 is 0 Å². The molecule has 0 atom stereocenters. The van der Waals surface area contributed by atoms with Crippen molar-refractivity contribution in [2.24, 2.45) is 0 Å². The Kier molecular flexibility index (Phi) is 6.68. The molecule has 2 aromatic heterocycles. The zero-order valence-corrected chi connectivity index (χ0v) is 20.4. The van der Waals surface area contributed by atoms with Crippen molar-refractivity contribution in [1.29, 1.82) is 0 Å². The number of halogens is 3. The molecule has 3 aromatic rings. The first kappa shape index (κ1) is 26.1. The summed E-state index contributed by atoms with van der Waals surface area (Å²) >= 11 is 0. The molecule has 0 saturated carbocycles. The van der Waals surface area contributed by atoms with Gasteiger partial charge in [-0.1, -0.05) is 13.0 Å². The number of fused-ring (bicyclic) bond motifs is 1.